The standard InChI is InChI=1S/C28H29N3O2/c1-33-18-5-9-24(32)22-12-15-25-30-26(27(31(25)19-22)21-7-3-2-4-8-21)20-10-13-23(14-11-20)28(29)16-6-17-28/h2-4,7-8,10-15,19H,5-6,9,16-18,29H2,1H3. The average Bonchev–Trinajstić information content (AvgIpc) is 3.22. The van der Waals surface area contributed by atoms with E-state index in [1.54, 1.807) is 7.11 Å². The molecular formula is C28H29N3O2. The zero-order valence-electron chi connectivity index (χ0n) is 19.0. The molecule has 0 amide bonds. The molecular weight excluding hydrogens is 410 g/mol. The summed E-state index contributed by atoms with van der Waals surface area (Å²) in [5, 5.41) is 0. The largest absolute Gasteiger partial charge is 0.385 e. The fourth-order valence-corrected chi connectivity index (χ4v) is 4.61. The number of benzene rings is 2. The van der Waals surface area contributed by atoms with Gasteiger partial charge < -0.3 is 10.5 Å². The van der Waals surface area contributed by atoms with Crippen LogP contribution < -0.4 is 5.73 Å². The molecule has 5 heteroatoms. The molecule has 1 aliphatic rings. The minimum absolute atomic E-state index is 0.112. The van der Waals surface area contributed by atoms with Gasteiger partial charge in [-0.3, -0.25) is 9.20 Å². The highest BCUT2D eigenvalue weighted by atomic mass is 16.5. The maximum atomic E-state index is 12.8. The summed E-state index contributed by atoms with van der Waals surface area (Å²) in [5.74, 6) is 0.112. The van der Waals surface area contributed by atoms with Crippen molar-refractivity contribution in [2.24, 2.45) is 5.73 Å². The predicted molar refractivity (Wildman–Crippen MR) is 131 cm³/mol. The number of carbonyl (C=O) groups is 1. The first-order chi connectivity index (χ1) is 16.1. The number of nitrogens with zero attached hydrogens (tertiary/aromatic N) is 2. The lowest BCUT2D eigenvalue weighted by Crippen LogP contribution is -2.43. The van der Waals surface area contributed by atoms with Crippen molar-refractivity contribution in [3.63, 3.8) is 0 Å². The fourth-order valence-electron chi connectivity index (χ4n) is 4.61. The number of Topliss-reactive ketones (excluding diaryl/α,β-unsaturated/α-hetero) is 1. The number of hydrogen-bond donors (Lipinski definition) is 1. The number of aromatic nitrogens is 2. The first kappa shape index (κ1) is 21.6. The quantitative estimate of drug-likeness (QED) is 0.286. The molecule has 0 unspecified atom stereocenters. The van der Waals surface area contributed by atoms with Gasteiger partial charge in [0.05, 0.1) is 11.4 Å². The smallest absolute Gasteiger partial charge is 0.164 e. The molecule has 4 aromatic rings. The van der Waals surface area contributed by atoms with Gasteiger partial charge in [0.2, 0.25) is 0 Å². The summed E-state index contributed by atoms with van der Waals surface area (Å²) in [4.78, 5) is 17.7. The summed E-state index contributed by atoms with van der Waals surface area (Å²) in [7, 11) is 1.65. The van der Waals surface area contributed by atoms with Crippen molar-refractivity contribution in [1.29, 1.82) is 0 Å². The minimum Gasteiger partial charge on any atom is -0.385 e. The van der Waals surface area contributed by atoms with E-state index < -0.39 is 0 Å². The Morgan fingerprint density at radius 1 is 1.03 bits per heavy atom. The lowest BCUT2D eigenvalue weighted by Gasteiger charge is -2.38. The molecule has 0 atom stereocenters. The van der Waals surface area contributed by atoms with Gasteiger partial charge in [-0.25, -0.2) is 4.98 Å². The van der Waals surface area contributed by atoms with E-state index in [2.05, 4.69) is 36.4 Å². The molecule has 5 nitrogen and oxygen atoms in total. The Morgan fingerprint density at radius 3 is 2.45 bits per heavy atom. The van der Waals surface area contributed by atoms with E-state index in [4.69, 9.17) is 15.5 Å². The number of rotatable bonds is 8. The van der Waals surface area contributed by atoms with E-state index >= 15 is 0 Å². The molecule has 0 spiro atoms. The number of hydrogen-bond acceptors (Lipinski definition) is 4. The number of ketones is 1. The molecule has 2 heterocycles. The van der Waals surface area contributed by atoms with Crippen LogP contribution in [0.1, 0.15) is 48.0 Å². The van der Waals surface area contributed by atoms with E-state index in [1.165, 1.54) is 12.0 Å². The van der Waals surface area contributed by atoms with Crippen LogP contribution in [-0.2, 0) is 10.3 Å². The Morgan fingerprint density at radius 2 is 1.79 bits per heavy atom. The second-order valence-electron chi connectivity index (χ2n) is 8.93. The van der Waals surface area contributed by atoms with Gasteiger partial charge in [0.25, 0.3) is 0 Å². The molecule has 2 aromatic heterocycles. The lowest BCUT2D eigenvalue weighted by atomic mass is 9.72. The van der Waals surface area contributed by atoms with Crippen LogP contribution in [-0.4, -0.2) is 28.9 Å². The van der Waals surface area contributed by atoms with Crippen LogP contribution in [0.2, 0.25) is 0 Å². The van der Waals surface area contributed by atoms with E-state index in [9.17, 15) is 4.79 Å². The molecule has 2 N–H and O–H groups in total. The van der Waals surface area contributed by atoms with Gasteiger partial charge in [-0.2, -0.15) is 0 Å². The molecule has 1 fully saturated rings. The van der Waals surface area contributed by atoms with Gasteiger partial charge in [-0.05, 0) is 43.4 Å². The second-order valence-corrected chi connectivity index (χ2v) is 8.93. The van der Waals surface area contributed by atoms with Crippen LogP contribution in [0.25, 0.3) is 28.2 Å². The summed E-state index contributed by atoms with van der Waals surface area (Å²) < 4.78 is 7.13. The van der Waals surface area contributed by atoms with Gasteiger partial charge in [0.15, 0.2) is 5.78 Å². The summed E-state index contributed by atoms with van der Waals surface area (Å²) >= 11 is 0. The summed E-state index contributed by atoms with van der Waals surface area (Å²) in [6.45, 7) is 0.582. The van der Waals surface area contributed by atoms with E-state index in [-0.39, 0.29) is 11.3 Å². The van der Waals surface area contributed by atoms with Crippen LogP contribution in [0.15, 0.2) is 72.9 Å². The van der Waals surface area contributed by atoms with Crippen LogP contribution in [0.5, 0.6) is 0 Å². The Hall–Kier alpha value is -3.28. The molecule has 168 valence electrons. The first-order valence-corrected chi connectivity index (χ1v) is 11.6. The minimum atomic E-state index is -0.183. The molecule has 0 aliphatic heterocycles. The summed E-state index contributed by atoms with van der Waals surface area (Å²) in [6, 6.07) is 22.5. The molecule has 1 saturated carbocycles. The van der Waals surface area contributed by atoms with Crippen molar-refractivity contribution >= 4 is 11.4 Å². The van der Waals surface area contributed by atoms with Crippen LogP contribution in [0.4, 0.5) is 0 Å². The maximum Gasteiger partial charge on any atom is 0.164 e. The van der Waals surface area contributed by atoms with Crippen LogP contribution >= 0.6 is 0 Å². The predicted octanol–water partition coefficient (Wildman–Crippen LogP) is 5.62. The molecule has 33 heavy (non-hydrogen) atoms. The molecule has 0 saturated heterocycles. The van der Waals surface area contributed by atoms with Crippen molar-refractivity contribution < 1.29 is 9.53 Å². The zero-order valence-corrected chi connectivity index (χ0v) is 19.0. The highest BCUT2D eigenvalue weighted by molar-refractivity contribution is 5.96. The van der Waals surface area contributed by atoms with Crippen molar-refractivity contribution in [3.05, 3.63) is 84.1 Å². The molecule has 0 radical (unpaired) electrons. The maximum absolute atomic E-state index is 12.8. The van der Waals surface area contributed by atoms with Crippen LogP contribution in [0.3, 0.4) is 0 Å². The molecule has 2 aromatic carbocycles. The number of ether oxygens (including phenoxy) is 1. The van der Waals surface area contributed by atoms with Crippen LogP contribution in [0, 0.1) is 0 Å². The van der Waals surface area contributed by atoms with Crippen molar-refractivity contribution in [3.8, 4) is 22.5 Å². The Labute approximate surface area is 194 Å². The van der Waals surface area contributed by atoms with Gasteiger partial charge >= 0.3 is 0 Å². The second kappa shape index (κ2) is 8.93. The number of carbonyl (C=O) groups excluding carboxylic acids is 1. The van der Waals surface area contributed by atoms with E-state index in [0.717, 1.165) is 41.0 Å². The van der Waals surface area contributed by atoms with Gasteiger partial charge in [-0.1, -0.05) is 54.6 Å². The van der Waals surface area contributed by atoms with E-state index in [1.807, 2.05) is 40.9 Å². The first-order valence-electron chi connectivity index (χ1n) is 11.6. The number of imidazole rings is 1. The number of nitrogens with two attached hydrogens (primary N) is 1. The third kappa shape index (κ3) is 4.10. The van der Waals surface area contributed by atoms with Gasteiger partial charge in [-0.15, -0.1) is 0 Å². The number of fused-ring (bicyclic) bond motifs is 1. The third-order valence-corrected chi connectivity index (χ3v) is 6.72. The lowest BCUT2D eigenvalue weighted by molar-refractivity contribution is 0.0963. The van der Waals surface area contributed by atoms with Gasteiger partial charge in [0.1, 0.15) is 5.65 Å². The third-order valence-electron chi connectivity index (χ3n) is 6.72. The van der Waals surface area contributed by atoms with Crippen molar-refractivity contribution in [2.75, 3.05) is 13.7 Å². The van der Waals surface area contributed by atoms with Crippen molar-refractivity contribution in [2.45, 2.75) is 37.6 Å². The Bertz CT molecular complexity index is 1270. The Kier molecular flexibility index (Phi) is 5.83. The van der Waals surface area contributed by atoms with E-state index in [0.29, 0.717) is 25.0 Å². The number of methoxy groups -OCH3 is 1. The summed E-state index contributed by atoms with van der Waals surface area (Å²) in [5.41, 5.74) is 13.0. The topological polar surface area (TPSA) is 69.6 Å². The molecule has 0 bridgehead atoms. The Balaban J connectivity index is 1.59. The van der Waals surface area contributed by atoms with Gasteiger partial charge in [0, 0.05) is 48.6 Å². The molecule has 5 rings (SSSR count). The monoisotopic (exact) mass is 439 g/mol. The van der Waals surface area contributed by atoms with Crippen molar-refractivity contribution in [1.82, 2.24) is 9.38 Å². The SMILES string of the molecule is COCCCC(=O)c1ccc2nc(-c3ccc(C4(N)CCC4)cc3)c(-c3ccccc3)n2c1. The normalized spacial score (nSPS) is 14.8. The zero-order chi connectivity index (χ0) is 22.8. The number of pyridine rings is 1. The average molecular weight is 440 g/mol. The summed E-state index contributed by atoms with van der Waals surface area (Å²) in [6.07, 6.45) is 6.36. The molecule has 1 aliphatic carbocycles. The highest BCUT2D eigenvalue weighted by Gasteiger charge is 2.34. The fraction of sp³-hybridized carbons (Fsp3) is 0.286. The highest BCUT2D eigenvalue weighted by Crippen LogP contribution is 2.40.